The van der Waals surface area contributed by atoms with E-state index >= 15 is 0 Å². The molecule has 0 spiro atoms. The van der Waals surface area contributed by atoms with E-state index in [2.05, 4.69) is 13.8 Å². The Labute approximate surface area is 64.8 Å². The zero-order valence-corrected chi connectivity index (χ0v) is 6.94. The first kappa shape index (κ1) is 9.96. The van der Waals surface area contributed by atoms with E-state index < -0.39 is 0 Å². The van der Waals surface area contributed by atoms with Crippen molar-refractivity contribution in [3.05, 3.63) is 13.5 Å². The van der Waals surface area contributed by atoms with E-state index in [1.807, 2.05) is 6.61 Å². The predicted molar refractivity (Wildman–Crippen MR) is 44.4 cm³/mol. The molecule has 0 fully saturated rings. The van der Waals surface area contributed by atoms with E-state index in [0.29, 0.717) is 0 Å². The van der Waals surface area contributed by atoms with Crippen LogP contribution in [0.3, 0.4) is 0 Å². The van der Waals surface area contributed by atoms with Crippen molar-refractivity contribution < 1.29 is 4.74 Å². The van der Waals surface area contributed by atoms with Crippen LogP contribution in [0.4, 0.5) is 0 Å². The summed E-state index contributed by atoms with van der Waals surface area (Å²) in [6.45, 7) is 8.60. The Kier molecular flexibility index (Phi) is 8.92. The molecular weight excluding hydrogens is 124 g/mol. The lowest BCUT2D eigenvalue weighted by atomic mass is 10.2. The van der Waals surface area contributed by atoms with Crippen LogP contribution >= 0.6 is 0 Å². The summed E-state index contributed by atoms with van der Waals surface area (Å²) in [7, 11) is 0. The first-order chi connectivity index (χ1) is 4.91. The minimum absolute atomic E-state index is 0.883. The third kappa shape index (κ3) is 7.96. The molecule has 0 aromatic rings. The predicted octanol–water partition coefficient (Wildman–Crippen LogP) is 2.97. The summed E-state index contributed by atoms with van der Waals surface area (Å²) in [4.78, 5) is 0. The van der Waals surface area contributed by atoms with E-state index in [4.69, 9.17) is 4.74 Å². The topological polar surface area (TPSA) is 9.23 Å². The van der Waals surface area contributed by atoms with E-state index in [-0.39, 0.29) is 0 Å². The highest BCUT2D eigenvalue weighted by Gasteiger charge is 1.87. The molecule has 0 saturated carbocycles. The summed E-state index contributed by atoms with van der Waals surface area (Å²) in [6.07, 6.45) is 5.72. The molecule has 0 unspecified atom stereocenters. The minimum atomic E-state index is 0.883. The molecule has 1 nitrogen and oxygen atoms in total. The Balaban J connectivity index is 2.65. The normalized spacial score (nSPS) is 10.2. The Morgan fingerprint density at radius 3 is 2.70 bits per heavy atom. The van der Waals surface area contributed by atoms with Crippen LogP contribution in [0, 0.1) is 13.5 Å². The quantitative estimate of drug-likeness (QED) is 0.496. The standard InChI is InChI=1S/C9H18O/c1-3-5-6-7-9-10-8-4-2/h8H,1,3-7,9H2,2H3. The number of rotatable bonds is 7. The second kappa shape index (κ2) is 8.96. The van der Waals surface area contributed by atoms with Gasteiger partial charge in [0.25, 0.3) is 0 Å². The van der Waals surface area contributed by atoms with Gasteiger partial charge in [-0.25, -0.2) is 0 Å². The van der Waals surface area contributed by atoms with Gasteiger partial charge in [0.2, 0.25) is 0 Å². The highest BCUT2D eigenvalue weighted by atomic mass is 16.5. The molecule has 0 aliphatic carbocycles. The van der Waals surface area contributed by atoms with Gasteiger partial charge in [0.1, 0.15) is 0 Å². The summed E-state index contributed by atoms with van der Waals surface area (Å²) in [6, 6.07) is 0. The summed E-state index contributed by atoms with van der Waals surface area (Å²) < 4.78 is 5.18. The van der Waals surface area contributed by atoms with Gasteiger partial charge in [0.05, 0.1) is 6.61 Å². The van der Waals surface area contributed by atoms with Crippen molar-refractivity contribution in [3.63, 3.8) is 0 Å². The van der Waals surface area contributed by atoms with E-state index in [9.17, 15) is 0 Å². The van der Waals surface area contributed by atoms with Gasteiger partial charge in [-0.15, -0.1) is 0 Å². The summed E-state index contributed by atoms with van der Waals surface area (Å²) in [5.74, 6) is 0. The van der Waals surface area contributed by atoms with Gasteiger partial charge >= 0.3 is 0 Å². The molecule has 0 aliphatic heterocycles. The van der Waals surface area contributed by atoms with Crippen LogP contribution in [-0.4, -0.2) is 6.61 Å². The number of unbranched alkanes of at least 4 members (excludes halogenated alkanes) is 3. The van der Waals surface area contributed by atoms with Crippen LogP contribution in [0.2, 0.25) is 0 Å². The maximum Gasteiger partial charge on any atom is 0.0833 e. The molecule has 0 rings (SSSR count). The first-order valence-electron chi connectivity index (χ1n) is 4.14. The number of hydrogen-bond acceptors (Lipinski definition) is 1. The third-order valence-electron chi connectivity index (χ3n) is 1.30. The molecular formula is C9H18O. The van der Waals surface area contributed by atoms with Crippen LogP contribution < -0.4 is 0 Å². The Morgan fingerprint density at radius 2 is 2.10 bits per heavy atom. The van der Waals surface area contributed by atoms with Crippen molar-refractivity contribution in [3.8, 4) is 0 Å². The van der Waals surface area contributed by atoms with Gasteiger partial charge in [-0.1, -0.05) is 33.1 Å². The molecule has 10 heavy (non-hydrogen) atoms. The largest absolute Gasteiger partial charge is 0.376 e. The number of ether oxygens (including phenoxy) is 1. The zero-order valence-electron chi connectivity index (χ0n) is 6.94. The molecule has 0 aromatic carbocycles. The monoisotopic (exact) mass is 142 g/mol. The Hall–Kier alpha value is -0.0400. The van der Waals surface area contributed by atoms with Crippen molar-refractivity contribution in [1.82, 2.24) is 0 Å². The van der Waals surface area contributed by atoms with Crippen LogP contribution in [0.25, 0.3) is 0 Å². The van der Waals surface area contributed by atoms with E-state index in [1.165, 1.54) is 19.3 Å². The molecule has 0 bridgehead atoms. The van der Waals surface area contributed by atoms with Gasteiger partial charge in [0, 0.05) is 6.61 Å². The lowest BCUT2D eigenvalue weighted by molar-refractivity contribution is 0.188. The molecule has 0 N–H and O–H groups in total. The fraction of sp³-hybridized carbons (Fsp3) is 0.778. The Bertz CT molecular complexity index is 44.7. The molecule has 0 amide bonds. The lowest BCUT2D eigenvalue weighted by Crippen LogP contribution is -1.90. The SMILES string of the molecule is [CH2]CCCCCO[CH]CC. The third-order valence-corrected chi connectivity index (χ3v) is 1.30. The summed E-state index contributed by atoms with van der Waals surface area (Å²) in [5, 5.41) is 0. The smallest absolute Gasteiger partial charge is 0.0833 e. The van der Waals surface area contributed by atoms with E-state index in [0.717, 1.165) is 19.4 Å². The fourth-order valence-corrected chi connectivity index (χ4v) is 0.740. The second-order valence-electron chi connectivity index (χ2n) is 2.36. The van der Waals surface area contributed by atoms with Crippen molar-refractivity contribution in [2.24, 2.45) is 0 Å². The van der Waals surface area contributed by atoms with Gasteiger partial charge in [0.15, 0.2) is 0 Å². The van der Waals surface area contributed by atoms with Crippen LogP contribution in [0.5, 0.6) is 0 Å². The highest BCUT2D eigenvalue weighted by molar-refractivity contribution is 4.47. The molecule has 2 radical (unpaired) electrons. The van der Waals surface area contributed by atoms with E-state index in [1.54, 1.807) is 0 Å². The van der Waals surface area contributed by atoms with Crippen molar-refractivity contribution in [2.45, 2.75) is 39.0 Å². The van der Waals surface area contributed by atoms with Crippen LogP contribution in [0.15, 0.2) is 0 Å². The number of hydrogen-bond donors (Lipinski definition) is 0. The first-order valence-corrected chi connectivity index (χ1v) is 4.14. The van der Waals surface area contributed by atoms with Gasteiger partial charge in [-0.05, 0) is 12.8 Å². The van der Waals surface area contributed by atoms with Crippen molar-refractivity contribution >= 4 is 0 Å². The van der Waals surface area contributed by atoms with Crippen LogP contribution in [0.1, 0.15) is 39.0 Å². The fourth-order valence-electron chi connectivity index (χ4n) is 0.740. The summed E-state index contributed by atoms with van der Waals surface area (Å²) in [5.41, 5.74) is 0. The zero-order chi connectivity index (χ0) is 7.66. The maximum atomic E-state index is 5.18. The molecule has 0 heterocycles. The summed E-state index contributed by atoms with van der Waals surface area (Å²) >= 11 is 0. The minimum Gasteiger partial charge on any atom is -0.376 e. The van der Waals surface area contributed by atoms with Gasteiger partial charge < -0.3 is 4.74 Å². The molecule has 0 saturated heterocycles. The molecule has 1 heteroatoms. The molecule has 0 atom stereocenters. The Morgan fingerprint density at radius 1 is 1.30 bits per heavy atom. The van der Waals surface area contributed by atoms with Gasteiger partial charge in [-0.2, -0.15) is 0 Å². The maximum absolute atomic E-state index is 5.18. The highest BCUT2D eigenvalue weighted by Crippen LogP contribution is 1.99. The molecule has 0 aliphatic rings. The molecule has 0 aromatic heterocycles. The average molecular weight is 142 g/mol. The van der Waals surface area contributed by atoms with Crippen LogP contribution in [-0.2, 0) is 4.74 Å². The second-order valence-corrected chi connectivity index (χ2v) is 2.36. The average Bonchev–Trinajstić information content (AvgIpc) is 1.97. The van der Waals surface area contributed by atoms with Gasteiger partial charge in [-0.3, -0.25) is 0 Å². The molecule has 60 valence electrons. The lowest BCUT2D eigenvalue weighted by Gasteiger charge is -1.99. The van der Waals surface area contributed by atoms with Crippen molar-refractivity contribution in [1.29, 1.82) is 0 Å². The van der Waals surface area contributed by atoms with Crippen molar-refractivity contribution in [2.75, 3.05) is 6.61 Å².